The lowest BCUT2D eigenvalue weighted by molar-refractivity contribution is 0.315. The first kappa shape index (κ1) is 16.1. The van der Waals surface area contributed by atoms with E-state index in [1.54, 1.807) is 17.5 Å². The Bertz CT molecular complexity index is 545. The van der Waals surface area contributed by atoms with Crippen LogP contribution in [0.4, 0.5) is 0 Å². The van der Waals surface area contributed by atoms with Gasteiger partial charge in [0.05, 0.1) is 5.69 Å². The van der Waals surface area contributed by atoms with Crippen LogP contribution in [0.25, 0.3) is 0 Å². The maximum Gasteiger partial charge on any atom is 0.107 e. The summed E-state index contributed by atoms with van der Waals surface area (Å²) in [7, 11) is 2.11. The van der Waals surface area contributed by atoms with Gasteiger partial charge in [0, 0.05) is 42.9 Å². The molecule has 4 nitrogen and oxygen atoms in total. The normalized spacial score (nSPS) is 12.0. The van der Waals surface area contributed by atoms with Gasteiger partial charge in [-0.2, -0.15) is 0 Å². The molecule has 21 heavy (non-hydrogen) atoms. The number of aromatic nitrogens is 2. The first-order valence-electron chi connectivity index (χ1n) is 7.18. The van der Waals surface area contributed by atoms with E-state index in [9.17, 15) is 0 Å². The quantitative estimate of drug-likeness (QED) is 0.890. The SMILES string of the molecule is CN(Cc1cccnc1)Cc1csc(CNC(C)(C)C)n1. The molecule has 0 aliphatic heterocycles. The molecule has 0 radical (unpaired) electrons. The van der Waals surface area contributed by atoms with Crippen LogP contribution in [0.3, 0.4) is 0 Å². The predicted molar refractivity (Wildman–Crippen MR) is 88.1 cm³/mol. The highest BCUT2D eigenvalue weighted by Gasteiger charge is 2.11. The number of rotatable bonds is 6. The summed E-state index contributed by atoms with van der Waals surface area (Å²) in [5.74, 6) is 0. The number of hydrogen-bond donors (Lipinski definition) is 1. The highest BCUT2D eigenvalue weighted by Crippen LogP contribution is 2.13. The molecule has 1 N–H and O–H groups in total. The minimum Gasteiger partial charge on any atom is -0.306 e. The monoisotopic (exact) mass is 304 g/mol. The molecule has 2 heterocycles. The van der Waals surface area contributed by atoms with Gasteiger partial charge < -0.3 is 5.32 Å². The molecule has 0 saturated carbocycles. The second kappa shape index (κ2) is 7.11. The van der Waals surface area contributed by atoms with Gasteiger partial charge in [0.1, 0.15) is 5.01 Å². The summed E-state index contributed by atoms with van der Waals surface area (Å²) in [6.07, 6.45) is 3.72. The fraction of sp³-hybridized carbons (Fsp3) is 0.500. The van der Waals surface area contributed by atoms with Crippen molar-refractivity contribution in [3.63, 3.8) is 0 Å². The van der Waals surface area contributed by atoms with Crippen LogP contribution < -0.4 is 5.32 Å². The highest BCUT2D eigenvalue weighted by atomic mass is 32.1. The van der Waals surface area contributed by atoms with Gasteiger partial charge in [0.2, 0.25) is 0 Å². The fourth-order valence-corrected chi connectivity index (χ4v) is 2.70. The molecule has 5 heteroatoms. The van der Waals surface area contributed by atoms with Crippen LogP contribution in [0.5, 0.6) is 0 Å². The van der Waals surface area contributed by atoms with E-state index in [4.69, 9.17) is 4.98 Å². The highest BCUT2D eigenvalue weighted by molar-refractivity contribution is 7.09. The van der Waals surface area contributed by atoms with Crippen LogP contribution in [-0.4, -0.2) is 27.5 Å². The number of pyridine rings is 1. The molecule has 2 rings (SSSR count). The first-order chi connectivity index (χ1) is 9.92. The Morgan fingerprint density at radius 3 is 2.76 bits per heavy atom. The predicted octanol–water partition coefficient (Wildman–Crippen LogP) is 3.06. The Labute approximate surface area is 131 Å². The molecule has 2 aromatic heterocycles. The summed E-state index contributed by atoms with van der Waals surface area (Å²) in [6, 6.07) is 4.07. The van der Waals surface area contributed by atoms with Crippen LogP contribution in [0.15, 0.2) is 29.9 Å². The van der Waals surface area contributed by atoms with Gasteiger partial charge in [-0.1, -0.05) is 6.07 Å². The van der Waals surface area contributed by atoms with Crippen molar-refractivity contribution < 1.29 is 0 Å². The fourth-order valence-electron chi connectivity index (χ4n) is 1.98. The Morgan fingerprint density at radius 1 is 1.29 bits per heavy atom. The van der Waals surface area contributed by atoms with Gasteiger partial charge in [0.25, 0.3) is 0 Å². The third kappa shape index (κ3) is 5.91. The Hall–Kier alpha value is -1.30. The van der Waals surface area contributed by atoms with E-state index in [0.29, 0.717) is 0 Å². The molecule has 0 fully saturated rings. The minimum atomic E-state index is 0.128. The second-order valence-corrected chi connectivity index (χ2v) is 7.31. The van der Waals surface area contributed by atoms with Gasteiger partial charge >= 0.3 is 0 Å². The van der Waals surface area contributed by atoms with Crippen molar-refractivity contribution in [3.05, 3.63) is 46.2 Å². The maximum absolute atomic E-state index is 4.69. The lowest BCUT2D eigenvalue weighted by Crippen LogP contribution is -2.35. The van der Waals surface area contributed by atoms with Crippen LogP contribution >= 0.6 is 11.3 Å². The van der Waals surface area contributed by atoms with Crippen molar-refractivity contribution in [2.75, 3.05) is 7.05 Å². The van der Waals surface area contributed by atoms with E-state index in [1.807, 2.05) is 12.3 Å². The van der Waals surface area contributed by atoms with Gasteiger partial charge in [0.15, 0.2) is 0 Å². The number of nitrogens with one attached hydrogen (secondary N) is 1. The van der Waals surface area contributed by atoms with E-state index in [0.717, 1.165) is 30.3 Å². The second-order valence-electron chi connectivity index (χ2n) is 6.37. The molecule has 0 saturated heterocycles. The van der Waals surface area contributed by atoms with Crippen LogP contribution in [0.2, 0.25) is 0 Å². The van der Waals surface area contributed by atoms with Crippen LogP contribution in [-0.2, 0) is 19.6 Å². The zero-order valence-electron chi connectivity index (χ0n) is 13.3. The van der Waals surface area contributed by atoms with E-state index >= 15 is 0 Å². The molecule has 0 atom stereocenters. The van der Waals surface area contributed by atoms with Gasteiger partial charge in [-0.15, -0.1) is 11.3 Å². The van der Waals surface area contributed by atoms with Crippen molar-refractivity contribution in [2.45, 2.75) is 45.9 Å². The lowest BCUT2D eigenvalue weighted by Gasteiger charge is -2.19. The molecule has 0 aliphatic rings. The molecule has 0 amide bonds. The molecular weight excluding hydrogens is 280 g/mol. The average molecular weight is 304 g/mol. The molecule has 0 aromatic carbocycles. The zero-order valence-corrected chi connectivity index (χ0v) is 14.1. The Morgan fingerprint density at radius 2 is 2.10 bits per heavy atom. The standard InChI is InChI=1S/C16H24N4S/c1-16(2,3)18-9-15-19-14(12-21-15)11-20(4)10-13-6-5-7-17-8-13/h5-8,12,18H,9-11H2,1-4H3. The number of hydrogen-bond acceptors (Lipinski definition) is 5. The number of thiazole rings is 1. The summed E-state index contributed by atoms with van der Waals surface area (Å²) in [5.41, 5.74) is 2.49. The van der Waals surface area contributed by atoms with Crippen molar-refractivity contribution in [1.82, 2.24) is 20.2 Å². The van der Waals surface area contributed by atoms with E-state index in [1.165, 1.54) is 5.56 Å². The maximum atomic E-state index is 4.69. The van der Waals surface area contributed by atoms with Crippen LogP contribution in [0, 0.1) is 0 Å². The molecule has 0 bridgehead atoms. The molecule has 114 valence electrons. The molecule has 0 spiro atoms. The molecule has 0 unspecified atom stereocenters. The van der Waals surface area contributed by atoms with Crippen molar-refractivity contribution in [2.24, 2.45) is 0 Å². The van der Waals surface area contributed by atoms with Gasteiger partial charge in [-0.3, -0.25) is 9.88 Å². The molecule has 2 aromatic rings. The molecule has 0 aliphatic carbocycles. The molecular formula is C16H24N4S. The first-order valence-corrected chi connectivity index (χ1v) is 8.06. The third-order valence-electron chi connectivity index (χ3n) is 2.98. The summed E-state index contributed by atoms with van der Waals surface area (Å²) in [5, 5.41) is 6.77. The largest absolute Gasteiger partial charge is 0.306 e. The van der Waals surface area contributed by atoms with E-state index in [-0.39, 0.29) is 5.54 Å². The smallest absolute Gasteiger partial charge is 0.107 e. The van der Waals surface area contributed by atoms with E-state index < -0.39 is 0 Å². The summed E-state index contributed by atoms with van der Waals surface area (Å²) >= 11 is 1.73. The van der Waals surface area contributed by atoms with Crippen molar-refractivity contribution in [1.29, 1.82) is 0 Å². The lowest BCUT2D eigenvalue weighted by atomic mass is 10.1. The van der Waals surface area contributed by atoms with Crippen molar-refractivity contribution in [3.8, 4) is 0 Å². The number of nitrogens with zero attached hydrogens (tertiary/aromatic N) is 3. The summed E-state index contributed by atoms with van der Waals surface area (Å²) in [6.45, 7) is 9.10. The zero-order chi connectivity index (χ0) is 15.3. The summed E-state index contributed by atoms with van der Waals surface area (Å²) in [4.78, 5) is 11.1. The van der Waals surface area contributed by atoms with Crippen LogP contribution in [0.1, 0.15) is 37.0 Å². The van der Waals surface area contributed by atoms with Gasteiger partial charge in [-0.25, -0.2) is 4.98 Å². The van der Waals surface area contributed by atoms with Crippen molar-refractivity contribution >= 4 is 11.3 Å². The Kier molecular flexibility index (Phi) is 5.45. The topological polar surface area (TPSA) is 41.1 Å². The summed E-state index contributed by atoms with van der Waals surface area (Å²) < 4.78 is 0. The minimum absolute atomic E-state index is 0.128. The van der Waals surface area contributed by atoms with E-state index in [2.05, 4.69) is 54.5 Å². The third-order valence-corrected chi connectivity index (χ3v) is 3.87. The Balaban J connectivity index is 1.84. The average Bonchev–Trinajstić information content (AvgIpc) is 2.84. The van der Waals surface area contributed by atoms with Gasteiger partial charge in [-0.05, 0) is 39.4 Å².